The number of para-hydroxylation sites is 1. The van der Waals surface area contributed by atoms with Gasteiger partial charge >= 0.3 is 6.03 Å². The van der Waals surface area contributed by atoms with Crippen molar-refractivity contribution in [3.05, 3.63) is 94.2 Å². The van der Waals surface area contributed by atoms with Crippen LogP contribution in [0.15, 0.2) is 72.8 Å². The van der Waals surface area contributed by atoms with Crippen LogP contribution in [0.25, 0.3) is 0 Å². The molecule has 160 valence electrons. The molecule has 0 bridgehead atoms. The van der Waals surface area contributed by atoms with Crippen molar-refractivity contribution in [2.24, 2.45) is 0 Å². The Labute approximate surface area is 189 Å². The number of urea groups is 1. The fraction of sp³-hybridized carbons (Fsp3) is 0.130. The van der Waals surface area contributed by atoms with Crippen LogP contribution in [0.5, 0.6) is 0 Å². The van der Waals surface area contributed by atoms with Crippen LogP contribution in [0, 0.1) is 5.82 Å². The second-order valence-electron chi connectivity index (χ2n) is 6.66. The summed E-state index contributed by atoms with van der Waals surface area (Å²) in [6.45, 7) is 0.709. The summed E-state index contributed by atoms with van der Waals surface area (Å²) in [5.74, 6) is -0.647. The Bertz CT molecular complexity index is 1050. The van der Waals surface area contributed by atoms with E-state index in [1.165, 1.54) is 24.3 Å². The highest BCUT2D eigenvalue weighted by Crippen LogP contribution is 2.25. The van der Waals surface area contributed by atoms with E-state index >= 15 is 0 Å². The quantitative estimate of drug-likeness (QED) is 0.426. The van der Waals surface area contributed by atoms with Crippen LogP contribution in [0.2, 0.25) is 10.0 Å². The minimum absolute atomic E-state index is 0.244. The summed E-state index contributed by atoms with van der Waals surface area (Å²) >= 11 is 11.8. The molecule has 3 amide bonds. The van der Waals surface area contributed by atoms with Gasteiger partial charge in [-0.3, -0.25) is 4.79 Å². The first-order valence-electron chi connectivity index (χ1n) is 9.56. The maximum Gasteiger partial charge on any atom is 0.319 e. The van der Waals surface area contributed by atoms with Crippen LogP contribution in [-0.2, 0) is 0 Å². The van der Waals surface area contributed by atoms with Gasteiger partial charge in [-0.15, -0.1) is 0 Å². The highest BCUT2D eigenvalue weighted by atomic mass is 35.5. The van der Waals surface area contributed by atoms with Crippen molar-refractivity contribution in [1.82, 2.24) is 5.32 Å². The number of benzene rings is 3. The van der Waals surface area contributed by atoms with Crippen LogP contribution >= 0.6 is 23.2 Å². The van der Waals surface area contributed by atoms with Gasteiger partial charge in [0.1, 0.15) is 5.82 Å². The number of rotatable bonds is 7. The Morgan fingerprint density at radius 3 is 2.29 bits per heavy atom. The molecule has 31 heavy (non-hydrogen) atoms. The summed E-state index contributed by atoms with van der Waals surface area (Å²) in [6.07, 6.45) is 0.511. The van der Waals surface area contributed by atoms with Gasteiger partial charge in [0, 0.05) is 30.0 Å². The van der Waals surface area contributed by atoms with Gasteiger partial charge in [0.15, 0.2) is 0 Å². The lowest BCUT2D eigenvalue weighted by atomic mass is 10.1. The van der Waals surface area contributed by atoms with E-state index in [1.54, 1.807) is 23.1 Å². The molecule has 0 fully saturated rings. The fourth-order valence-electron chi connectivity index (χ4n) is 2.89. The molecule has 0 aliphatic rings. The Balaban J connectivity index is 1.57. The van der Waals surface area contributed by atoms with Gasteiger partial charge in [-0.05, 0) is 61.0 Å². The summed E-state index contributed by atoms with van der Waals surface area (Å²) in [5, 5.41) is 6.17. The van der Waals surface area contributed by atoms with Crippen molar-refractivity contribution in [1.29, 1.82) is 0 Å². The number of anilines is 2. The molecule has 0 saturated carbocycles. The van der Waals surface area contributed by atoms with Crippen LogP contribution in [0.1, 0.15) is 16.8 Å². The summed E-state index contributed by atoms with van der Waals surface area (Å²) < 4.78 is 13.2. The normalized spacial score (nSPS) is 10.4. The number of nitrogens with zero attached hydrogens (tertiary/aromatic N) is 1. The highest BCUT2D eigenvalue weighted by Gasteiger charge is 2.17. The lowest BCUT2D eigenvalue weighted by Crippen LogP contribution is -2.35. The van der Waals surface area contributed by atoms with Crippen LogP contribution in [-0.4, -0.2) is 25.0 Å². The molecule has 0 saturated heterocycles. The van der Waals surface area contributed by atoms with Gasteiger partial charge in [-0.25, -0.2) is 9.18 Å². The van der Waals surface area contributed by atoms with Gasteiger partial charge in [0.2, 0.25) is 0 Å². The molecule has 0 heterocycles. The lowest BCUT2D eigenvalue weighted by molar-refractivity contribution is 0.0986. The molecule has 0 aliphatic heterocycles. The lowest BCUT2D eigenvalue weighted by Gasteiger charge is -2.23. The molecule has 3 rings (SSSR count). The molecule has 2 N–H and O–H groups in total. The Morgan fingerprint density at radius 2 is 1.61 bits per heavy atom. The third-order valence-corrected chi connectivity index (χ3v) is 5.16. The fourth-order valence-corrected chi connectivity index (χ4v) is 3.19. The van der Waals surface area contributed by atoms with E-state index in [0.717, 1.165) is 5.69 Å². The molecular weight excluding hydrogens is 440 g/mol. The van der Waals surface area contributed by atoms with E-state index in [-0.39, 0.29) is 5.91 Å². The number of amides is 3. The van der Waals surface area contributed by atoms with E-state index in [9.17, 15) is 14.0 Å². The maximum absolute atomic E-state index is 13.2. The molecular formula is C23H20Cl2FN3O2. The molecule has 0 atom stereocenters. The Hall–Kier alpha value is -3.09. The van der Waals surface area contributed by atoms with Crippen molar-refractivity contribution in [2.75, 3.05) is 23.3 Å². The van der Waals surface area contributed by atoms with Crippen LogP contribution < -0.4 is 15.5 Å². The number of nitrogens with one attached hydrogen (secondary N) is 2. The number of halogens is 3. The monoisotopic (exact) mass is 459 g/mol. The maximum atomic E-state index is 13.2. The number of hydrogen-bond donors (Lipinski definition) is 2. The topological polar surface area (TPSA) is 61.4 Å². The number of hydrogen-bond acceptors (Lipinski definition) is 2. The highest BCUT2D eigenvalue weighted by molar-refractivity contribution is 6.42. The minimum Gasteiger partial charge on any atom is -0.338 e. The van der Waals surface area contributed by atoms with Crippen molar-refractivity contribution >= 4 is 46.5 Å². The molecule has 3 aromatic rings. The van der Waals surface area contributed by atoms with Gasteiger partial charge in [0.05, 0.1) is 10.0 Å². The van der Waals surface area contributed by atoms with E-state index < -0.39 is 11.8 Å². The second-order valence-corrected chi connectivity index (χ2v) is 7.48. The predicted molar refractivity (Wildman–Crippen MR) is 123 cm³/mol. The largest absolute Gasteiger partial charge is 0.338 e. The van der Waals surface area contributed by atoms with Gasteiger partial charge < -0.3 is 15.5 Å². The third kappa shape index (κ3) is 6.44. The third-order valence-electron chi connectivity index (χ3n) is 4.43. The molecule has 0 aliphatic carbocycles. The van der Waals surface area contributed by atoms with Crippen molar-refractivity contribution in [3.63, 3.8) is 0 Å². The summed E-state index contributed by atoms with van der Waals surface area (Å²) in [6, 6.07) is 19.0. The molecule has 8 heteroatoms. The first kappa shape index (κ1) is 22.6. The second kappa shape index (κ2) is 10.8. The molecule has 5 nitrogen and oxygen atoms in total. The first-order valence-corrected chi connectivity index (χ1v) is 10.3. The van der Waals surface area contributed by atoms with E-state index in [1.807, 2.05) is 30.3 Å². The molecule has 0 spiro atoms. The van der Waals surface area contributed by atoms with Gasteiger partial charge in [0.25, 0.3) is 5.91 Å². The molecule has 0 unspecified atom stereocenters. The van der Waals surface area contributed by atoms with Crippen LogP contribution in [0.4, 0.5) is 20.6 Å². The predicted octanol–water partition coefficient (Wildman–Crippen LogP) is 5.99. The molecule has 3 aromatic carbocycles. The SMILES string of the molecule is O=C(NCCCN(C(=O)c1ccc(F)cc1)c1ccccc1)Nc1ccc(Cl)c(Cl)c1. The summed E-state index contributed by atoms with van der Waals surface area (Å²) in [7, 11) is 0. The zero-order chi connectivity index (χ0) is 22.2. The summed E-state index contributed by atoms with van der Waals surface area (Å²) in [4.78, 5) is 26.7. The zero-order valence-electron chi connectivity index (χ0n) is 16.4. The number of carbonyl (C=O) groups excluding carboxylic acids is 2. The van der Waals surface area contributed by atoms with Gasteiger partial charge in [-0.2, -0.15) is 0 Å². The summed E-state index contributed by atoms with van der Waals surface area (Å²) in [5.41, 5.74) is 1.62. The minimum atomic E-state index is -0.403. The van der Waals surface area contributed by atoms with Gasteiger partial charge in [-0.1, -0.05) is 41.4 Å². The number of carbonyl (C=O) groups is 2. The average molecular weight is 460 g/mol. The molecule has 0 radical (unpaired) electrons. The zero-order valence-corrected chi connectivity index (χ0v) is 18.0. The van der Waals surface area contributed by atoms with Crippen molar-refractivity contribution < 1.29 is 14.0 Å². The average Bonchev–Trinajstić information content (AvgIpc) is 2.77. The standard InChI is InChI=1S/C23H20Cl2FN3O2/c24-20-12-11-18(15-21(20)25)28-23(31)27-13-4-14-29(19-5-2-1-3-6-19)22(30)16-7-9-17(26)10-8-16/h1-3,5-12,15H,4,13-14H2,(H2,27,28,31). The molecule has 0 aromatic heterocycles. The van der Waals surface area contributed by atoms with E-state index in [2.05, 4.69) is 10.6 Å². The van der Waals surface area contributed by atoms with E-state index in [4.69, 9.17) is 23.2 Å². The van der Waals surface area contributed by atoms with Crippen molar-refractivity contribution in [3.8, 4) is 0 Å². The Kier molecular flexibility index (Phi) is 7.87. The van der Waals surface area contributed by atoms with E-state index in [0.29, 0.717) is 40.8 Å². The van der Waals surface area contributed by atoms with Crippen molar-refractivity contribution in [2.45, 2.75) is 6.42 Å². The Morgan fingerprint density at radius 1 is 0.903 bits per heavy atom. The smallest absolute Gasteiger partial charge is 0.319 e. The van der Waals surface area contributed by atoms with Crippen LogP contribution in [0.3, 0.4) is 0 Å². The first-order chi connectivity index (χ1) is 14.9.